The van der Waals surface area contributed by atoms with Crippen LogP contribution < -0.4 is 4.90 Å². The fourth-order valence-electron chi connectivity index (χ4n) is 5.90. The summed E-state index contributed by atoms with van der Waals surface area (Å²) in [5.41, 5.74) is 1.36. The normalized spacial score (nSPS) is 33.9. The van der Waals surface area contributed by atoms with Crippen molar-refractivity contribution in [1.29, 1.82) is 0 Å². The van der Waals surface area contributed by atoms with Gasteiger partial charge in [0, 0.05) is 12.2 Å². The lowest BCUT2D eigenvalue weighted by atomic mass is 9.78. The summed E-state index contributed by atoms with van der Waals surface area (Å²) in [6.45, 7) is 5.70. The molecule has 2 fully saturated rings. The van der Waals surface area contributed by atoms with Gasteiger partial charge in [-0.2, -0.15) is 0 Å². The topological polar surface area (TPSA) is 96.4 Å². The van der Waals surface area contributed by atoms with Crippen molar-refractivity contribution < 1.29 is 29.0 Å². The number of benzene rings is 1. The summed E-state index contributed by atoms with van der Waals surface area (Å²) < 4.78 is 11.8. The number of ether oxygens (including phenoxy) is 2. The van der Waals surface area contributed by atoms with Crippen LogP contribution >= 0.6 is 0 Å². The molecular weight excluding hydrogens is 424 g/mol. The second kappa shape index (κ2) is 7.81. The number of para-hydroxylation sites is 1. The van der Waals surface area contributed by atoms with E-state index in [2.05, 4.69) is 0 Å². The SMILES string of the molecule is Cc1cccc(C)c1N1CC=C[C@]23O[C@H]4C=CCOC(=O)[C@H]4[C@H]2C(=O)N([C@H](C)CO)C3C1=O. The van der Waals surface area contributed by atoms with Crippen LogP contribution in [0.5, 0.6) is 0 Å². The second-order valence-corrected chi connectivity index (χ2v) is 9.27. The molecule has 1 spiro atoms. The van der Waals surface area contributed by atoms with E-state index in [0.717, 1.165) is 16.8 Å². The number of rotatable bonds is 3. The van der Waals surface area contributed by atoms with Crippen molar-refractivity contribution in [1.82, 2.24) is 4.90 Å². The van der Waals surface area contributed by atoms with Crippen LogP contribution in [0, 0.1) is 25.7 Å². The minimum atomic E-state index is -1.32. The number of cyclic esters (lactones) is 1. The summed E-state index contributed by atoms with van der Waals surface area (Å²) in [4.78, 5) is 44.0. The maximum absolute atomic E-state index is 14.2. The van der Waals surface area contributed by atoms with E-state index in [4.69, 9.17) is 9.47 Å². The van der Waals surface area contributed by atoms with Crippen LogP contribution in [-0.4, -0.2) is 71.3 Å². The van der Waals surface area contributed by atoms with Gasteiger partial charge in [0.1, 0.15) is 24.2 Å². The number of aliphatic hydroxyl groups is 1. The molecule has 1 N–H and O–H groups in total. The van der Waals surface area contributed by atoms with E-state index in [1.54, 1.807) is 30.1 Å². The fourth-order valence-corrected chi connectivity index (χ4v) is 5.90. The lowest BCUT2D eigenvalue weighted by Gasteiger charge is -2.38. The van der Waals surface area contributed by atoms with E-state index in [1.165, 1.54) is 4.90 Å². The van der Waals surface area contributed by atoms with Gasteiger partial charge in [-0.05, 0) is 38.0 Å². The number of hydrogen-bond donors (Lipinski definition) is 1. The minimum Gasteiger partial charge on any atom is -0.461 e. The highest BCUT2D eigenvalue weighted by Gasteiger charge is 2.72. The van der Waals surface area contributed by atoms with Crippen LogP contribution in [0.3, 0.4) is 0 Å². The monoisotopic (exact) mass is 452 g/mol. The van der Waals surface area contributed by atoms with Crippen molar-refractivity contribution in [2.75, 3.05) is 24.7 Å². The number of aliphatic hydroxyl groups excluding tert-OH is 1. The third-order valence-corrected chi connectivity index (χ3v) is 7.30. The number of carbonyl (C=O) groups is 3. The van der Waals surface area contributed by atoms with E-state index in [9.17, 15) is 19.5 Å². The molecular formula is C25H28N2O6. The maximum atomic E-state index is 14.2. The number of hydrogen-bond acceptors (Lipinski definition) is 6. The van der Waals surface area contributed by atoms with Gasteiger partial charge in [-0.15, -0.1) is 0 Å². The Balaban J connectivity index is 1.67. The molecule has 2 amide bonds. The van der Waals surface area contributed by atoms with E-state index in [-0.39, 0.29) is 25.0 Å². The smallest absolute Gasteiger partial charge is 0.313 e. The van der Waals surface area contributed by atoms with Gasteiger partial charge in [0.25, 0.3) is 5.91 Å². The maximum Gasteiger partial charge on any atom is 0.313 e. The molecule has 0 aliphatic carbocycles. The van der Waals surface area contributed by atoms with Crippen LogP contribution in [0.2, 0.25) is 0 Å². The first-order chi connectivity index (χ1) is 15.8. The molecule has 1 aromatic carbocycles. The molecule has 0 bridgehead atoms. The van der Waals surface area contributed by atoms with Crippen LogP contribution in [0.1, 0.15) is 18.1 Å². The molecule has 4 aliphatic heterocycles. The summed E-state index contributed by atoms with van der Waals surface area (Å²) in [7, 11) is 0. The predicted octanol–water partition coefficient (Wildman–Crippen LogP) is 1.28. The minimum absolute atomic E-state index is 0.123. The van der Waals surface area contributed by atoms with Gasteiger partial charge in [0.2, 0.25) is 5.91 Å². The third-order valence-electron chi connectivity index (χ3n) is 7.30. The summed E-state index contributed by atoms with van der Waals surface area (Å²) in [6, 6.07) is 4.19. The standard InChI is InChI=1S/C25H28N2O6/c1-14-7-4-8-15(2)20(14)26-11-6-10-25-19(18-17(33-25)9-5-12-32-24(18)31)22(29)27(16(3)13-28)21(25)23(26)30/h4-10,16-19,21,28H,11-13H2,1-3H3/t16-,17+,18-,19+,21?,25+/m1/s1. The molecule has 174 valence electrons. The number of anilines is 1. The molecule has 33 heavy (non-hydrogen) atoms. The predicted molar refractivity (Wildman–Crippen MR) is 119 cm³/mol. The molecule has 0 saturated carbocycles. The van der Waals surface area contributed by atoms with Crippen LogP contribution in [0.15, 0.2) is 42.5 Å². The molecule has 1 aromatic rings. The van der Waals surface area contributed by atoms with Crippen molar-refractivity contribution in [3.63, 3.8) is 0 Å². The summed E-state index contributed by atoms with van der Waals surface area (Å²) in [6.07, 6.45) is 6.42. The summed E-state index contributed by atoms with van der Waals surface area (Å²) in [5, 5.41) is 9.94. The van der Waals surface area contributed by atoms with Gasteiger partial charge in [-0.3, -0.25) is 14.4 Å². The molecule has 0 aromatic heterocycles. The first-order valence-corrected chi connectivity index (χ1v) is 11.3. The van der Waals surface area contributed by atoms with Crippen molar-refractivity contribution in [3.05, 3.63) is 53.6 Å². The molecule has 5 rings (SSSR count). The average Bonchev–Trinajstić information content (AvgIpc) is 3.09. The molecule has 8 nitrogen and oxygen atoms in total. The first kappa shape index (κ1) is 21.9. The van der Waals surface area contributed by atoms with Gasteiger partial charge in [0.05, 0.1) is 24.7 Å². The second-order valence-electron chi connectivity index (χ2n) is 9.27. The first-order valence-electron chi connectivity index (χ1n) is 11.3. The zero-order valence-electron chi connectivity index (χ0n) is 18.9. The summed E-state index contributed by atoms with van der Waals surface area (Å²) in [5.74, 6) is -2.92. The number of fused-ring (bicyclic) bond motifs is 2. The Morgan fingerprint density at radius 2 is 1.88 bits per heavy atom. The van der Waals surface area contributed by atoms with E-state index in [0.29, 0.717) is 6.54 Å². The van der Waals surface area contributed by atoms with Crippen LogP contribution in [-0.2, 0) is 23.9 Å². The Hall–Kier alpha value is -2.97. The highest BCUT2D eigenvalue weighted by atomic mass is 16.6. The zero-order chi connectivity index (χ0) is 23.5. The molecule has 1 unspecified atom stereocenters. The number of amides is 2. The number of esters is 1. The molecule has 0 radical (unpaired) electrons. The number of carbonyl (C=O) groups excluding carboxylic acids is 3. The molecule has 6 atom stereocenters. The van der Waals surface area contributed by atoms with E-state index >= 15 is 0 Å². The summed E-state index contributed by atoms with van der Waals surface area (Å²) >= 11 is 0. The van der Waals surface area contributed by atoms with Gasteiger partial charge < -0.3 is 24.4 Å². The van der Waals surface area contributed by atoms with Crippen molar-refractivity contribution in [2.24, 2.45) is 11.8 Å². The molecule has 8 heteroatoms. The Labute approximate surface area is 192 Å². The molecule has 4 aliphatic rings. The van der Waals surface area contributed by atoms with Gasteiger partial charge in [-0.1, -0.05) is 36.4 Å². The van der Waals surface area contributed by atoms with Crippen molar-refractivity contribution >= 4 is 23.5 Å². The van der Waals surface area contributed by atoms with Gasteiger partial charge in [-0.25, -0.2) is 0 Å². The quantitative estimate of drug-likeness (QED) is 0.548. The number of nitrogens with zero attached hydrogens (tertiary/aromatic N) is 2. The number of aryl methyl sites for hydroxylation is 2. The largest absolute Gasteiger partial charge is 0.461 e. The molecule has 4 heterocycles. The highest BCUT2D eigenvalue weighted by Crippen LogP contribution is 2.54. The van der Waals surface area contributed by atoms with Gasteiger partial charge in [0.15, 0.2) is 0 Å². The Bertz CT molecular complexity index is 1060. The average molecular weight is 453 g/mol. The van der Waals surface area contributed by atoms with E-state index in [1.807, 2.05) is 38.1 Å². The fraction of sp³-hybridized carbons (Fsp3) is 0.480. The van der Waals surface area contributed by atoms with Crippen LogP contribution in [0.4, 0.5) is 5.69 Å². The highest BCUT2D eigenvalue weighted by molar-refractivity contribution is 6.06. The van der Waals surface area contributed by atoms with Crippen LogP contribution in [0.25, 0.3) is 0 Å². The zero-order valence-corrected chi connectivity index (χ0v) is 18.9. The Morgan fingerprint density at radius 1 is 1.15 bits per heavy atom. The lowest BCUT2D eigenvalue weighted by Crippen LogP contribution is -2.58. The Kier molecular flexibility index (Phi) is 5.17. The van der Waals surface area contributed by atoms with Crippen molar-refractivity contribution in [3.8, 4) is 0 Å². The van der Waals surface area contributed by atoms with Crippen molar-refractivity contribution in [2.45, 2.75) is 44.6 Å². The lowest BCUT2D eigenvalue weighted by molar-refractivity contribution is -0.153. The number of likely N-dealkylation sites (tertiary alicyclic amines) is 1. The van der Waals surface area contributed by atoms with E-state index < -0.39 is 41.6 Å². The molecule has 2 saturated heterocycles. The Morgan fingerprint density at radius 3 is 2.58 bits per heavy atom. The van der Waals surface area contributed by atoms with Gasteiger partial charge >= 0.3 is 5.97 Å². The third kappa shape index (κ3) is 3.00.